The molecule has 1 aromatic heterocycles. The molecule has 2 unspecified atom stereocenters. The Morgan fingerprint density at radius 1 is 1.44 bits per heavy atom. The van der Waals surface area contributed by atoms with E-state index in [1.807, 2.05) is 6.92 Å². The number of hydrogen-bond donors (Lipinski definition) is 1. The number of amides is 1. The van der Waals surface area contributed by atoms with Gasteiger partial charge in [0.2, 0.25) is 0 Å². The van der Waals surface area contributed by atoms with Crippen molar-refractivity contribution in [2.75, 3.05) is 13.1 Å². The van der Waals surface area contributed by atoms with E-state index in [9.17, 15) is 9.59 Å². The summed E-state index contributed by atoms with van der Waals surface area (Å²) in [5.41, 5.74) is 0.352. The van der Waals surface area contributed by atoms with Gasteiger partial charge in [0.25, 0.3) is 5.91 Å². The maximum absolute atomic E-state index is 12.2. The van der Waals surface area contributed by atoms with Crippen LogP contribution in [0, 0.1) is 11.8 Å². The van der Waals surface area contributed by atoms with Gasteiger partial charge in [-0.3, -0.25) is 9.59 Å². The molecule has 1 aromatic rings. The Morgan fingerprint density at radius 3 is 2.56 bits per heavy atom. The molecule has 1 saturated heterocycles. The molecule has 1 aliphatic rings. The first kappa shape index (κ1) is 13.6. The average Bonchev–Trinajstić information content (AvgIpc) is 2.81. The van der Waals surface area contributed by atoms with E-state index in [0.717, 1.165) is 11.3 Å². The van der Waals surface area contributed by atoms with E-state index in [-0.39, 0.29) is 18.4 Å². The van der Waals surface area contributed by atoms with E-state index >= 15 is 0 Å². The van der Waals surface area contributed by atoms with Gasteiger partial charge in [0.05, 0.1) is 15.8 Å². The molecule has 1 fully saturated rings. The zero-order chi connectivity index (χ0) is 13.4. The summed E-state index contributed by atoms with van der Waals surface area (Å²) in [4.78, 5) is 24.7. The number of rotatable bonds is 2. The van der Waals surface area contributed by atoms with Crippen molar-refractivity contribution in [2.24, 2.45) is 11.8 Å². The van der Waals surface area contributed by atoms with Crippen LogP contribution in [0.1, 0.15) is 17.3 Å². The van der Waals surface area contributed by atoms with Gasteiger partial charge < -0.3 is 10.0 Å². The standard InChI is InChI=1S/C11H11Cl2NO3S/c1-5-3-14(4-7(5)11(16)17)10(15)6-2-8(12)18-9(6)13/h2,5,7H,3-4H2,1H3,(H,16,17). The van der Waals surface area contributed by atoms with Crippen molar-refractivity contribution in [3.05, 3.63) is 20.3 Å². The van der Waals surface area contributed by atoms with Crippen molar-refractivity contribution in [1.29, 1.82) is 0 Å². The van der Waals surface area contributed by atoms with E-state index in [1.54, 1.807) is 0 Å². The lowest BCUT2D eigenvalue weighted by Crippen LogP contribution is -2.29. The summed E-state index contributed by atoms with van der Waals surface area (Å²) in [5.74, 6) is -1.69. The molecule has 4 nitrogen and oxygen atoms in total. The van der Waals surface area contributed by atoms with Crippen LogP contribution in [0.15, 0.2) is 6.07 Å². The van der Waals surface area contributed by atoms with Gasteiger partial charge in [-0.1, -0.05) is 30.1 Å². The molecule has 18 heavy (non-hydrogen) atoms. The largest absolute Gasteiger partial charge is 0.481 e. The zero-order valence-electron chi connectivity index (χ0n) is 9.52. The molecule has 0 aliphatic carbocycles. The molecule has 0 saturated carbocycles. The Labute approximate surface area is 118 Å². The highest BCUT2D eigenvalue weighted by Gasteiger charge is 2.37. The number of halogens is 2. The maximum atomic E-state index is 12.2. The van der Waals surface area contributed by atoms with Gasteiger partial charge in [-0.2, -0.15) is 0 Å². The van der Waals surface area contributed by atoms with Crippen LogP contribution in [0.2, 0.25) is 8.67 Å². The normalized spacial score (nSPS) is 23.4. The number of aliphatic carboxylic acids is 1. The Balaban J connectivity index is 2.17. The molecule has 98 valence electrons. The second-order valence-corrected chi connectivity index (χ2v) is 6.66. The fourth-order valence-corrected chi connectivity index (χ4v) is 3.56. The first-order valence-corrected chi connectivity index (χ1v) is 6.94. The summed E-state index contributed by atoms with van der Waals surface area (Å²) in [5, 5.41) is 9.03. The number of carbonyl (C=O) groups is 2. The highest BCUT2D eigenvalue weighted by atomic mass is 35.5. The molecule has 2 rings (SSSR count). The molecular formula is C11H11Cl2NO3S. The van der Waals surface area contributed by atoms with Gasteiger partial charge in [0.15, 0.2) is 0 Å². The minimum absolute atomic E-state index is 0.0562. The van der Waals surface area contributed by atoms with Crippen LogP contribution in [0.4, 0.5) is 0 Å². The number of nitrogens with zero attached hydrogens (tertiary/aromatic N) is 1. The van der Waals surface area contributed by atoms with Crippen LogP contribution < -0.4 is 0 Å². The molecule has 7 heteroatoms. The number of likely N-dealkylation sites (tertiary alicyclic amines) is 1. The smallest absolute Gasteiger partial charge is 0.308 e. The SMILES string of the molecule is CC1CN(C(=O)c2cc(Cl)sc2Cl)CC1C(=O)O. The molecule has 1 N–H and O–H groups in total. The number of carboxylic acid groups (broad SMARTS) is 1. The predicted molar refractivity (Wildman–Crippen MR) is 70.5 cm³/mol. The molecule has 2 heterocycles. The summed E-state index contributed by atoms with van der Waals surface area (Å²) in [6.07, 6.45) is 0. The molecule has 0 bridgehead atoms. The lowest BCUT2D eigenvalue weighted by molar-refractivity contribution is -0.142. The van der Waals surface area contributed by atoms with Crippen LogP contribution in [-0.2, 0) is 4.79 Å². The van der Waals surface area contributed by atoms with Crippen molar-refractivity contribution in [2.45, 2.75) is 6.92 Å². The average molecular weight is 308 g/mol. The van der Waals surface area contributed by atoms with Crippen molar-refractivity contribution in [1.82, 2.24) is 4.90 Å². The van der Waals surface area contributed by atoms with Crippen LogP contribution in [-0.4, -0.2) is 35.0 Å². The fraction of sp³-hybridized carbons (Fsp3) is 0.455. The third kappa shape index (κ3) is 2.48. The second-order valence-electron chi connectivity index (χ2n) is 4.37. The second kappa shape index (κ2) is 5.07. The molecule has 2 atom stereocenters. The third-order valence-corrected chi connectivity index (χ3v) is 4.59. The fourth-order valence-electron chi connectivity index (χ4n) is 2.11. The van der Waals surface area contributed by atoms with Crippen molar-refractivity contribution in [3.63, 3.8) is 0 Å². The van der Waals surface area contributed by atoms with Crippen molar-refractivity contribution >= 4 is 46.4 Å². The molecule has 0 radical (unpaired) electrons. The Kier molecular flexibility index (Phi) is 3.84. The molecule has 0 spiro atoms. The quantitative estimate of drug-likeness (QED) is 0.914. The first-order valence-electron chi connectivity index (χ1n) is 5.37. The van der Waals surface area contributed by atoms with E-state index in [4.69, 9.17) is 28.3 Å². The maximum Gasteiger partial charge on any atom is 0.308 e. The van der Waals surface area contributed by atoms with Crippen LogP contribution in [0.25, 0.3) is 0 Å². The Morgan fingerprint density at radius 2 is 2.11 bits per heavy atom. The Hall–Kier alpha value is -0.780. The minimum atomic E-state index is -0.868. The minimum Gasteiger partial charge on any atom is -0.481 e. The van der Waals surface area contributed by atoms with Gasteiger partial charge in [0.1, 0.15) is 4.34 Å². The van der Waals surface area contributed by atoms with Crippen LogP contribution >= 0.6 is 34.5 Å². The van der Waals surface area contributed by atoms with E-state index in [0.29, 0.717) is 20.8 Å². The number of hydrogen-bond acceptors (Lipinski definition) is 3. The molecule has 1 amide bonds. The van der Waals surface area contributed by atoms with Crippen LogP contribution in [0.5, 0.6) is 0 Å². The number of carbonyl (C=O) groups excluding carboxylic acids is 1. The number of carboxylic acids is 1. The lowest BCUT2D eigenvalue weighted by atomic mass is 9.99. The summed E-state index contributed by atoms with van der Waals surface area (Å²) >= 11 is 12.8. The molecule has 1 aliphatic heterocycles. The van der Waals surface area contributed by atoms with E-state index < -0.39 is 11.9 Å². The Bertz CT molecular complexity index is 502. The summed E-state index contributed by atoms with van der Waals surface area (Å²) in [6.45, 7) is 2.48. The molecular weight excluding hydrogens is 297 g/mol. The third-order valence-electron chi connectivity index (χ3n) is 3.10. The predicted octanol–water partition coefficient (Wildman–Crippen LogP) is 2.85. The summed E-state index contributed by atoms with van der Waals surface area (Å²) < 4.78 is 0.793. The highest BCUT2D eigenvalue weighted by Crippen LogP contribution is 2.33. The topological polar surface area (TPSA) is 57.6 Å². The summed E-state index contributed by atoms with van der Waals surface area (Å²) in [6, 6.07) is 1.52. The van der Waals surface area contributed by atoms with Crippen molar-refractivity contribution in [3.8, 4) is 0 Å². The lowest BCUT2D eigenvalue weighted by Gasteiger charge is -2.15. The van der Waals surface area contributed by atoms with E-state index in [2.05, 4.69) is 0 Å². The number of thiophene rings is 1. The van der Waals surface area contributed by atoms with Gasteiger partial charge >= 0.3 is 5.97 Å². The summed E-state index contributed by atoms with van der Waals surface area (Å²) in [7, 11) is 0. The first-order chi connectivity index (χ1) is 8.40. The monoisotopic (exact) mass is 307 g/mol. The van der Waals surface area contributed by atoms with Gasteiger partial charge in [-0.15, -0.1) is 11.3 Å². The zero-order valence-corrected chi connectivity index (χ0v) is 11.8. The van der Waals surface area contributed by atoms with Gasteiger partial charge in [-0.25, -0.2) is 0 Å². The highest BCUT2D eigenvalue weighted by molar-refractivity contribution is 7.20. The van der Waals surface area contributed by atoms with Crippen LogP contribution in [0.3, 0.4) is 0 Å². The van der Waals surface area contributed by atoms with Gasteiger partial charge in [0, 0.05) is 13.1 Å². The van der Waals surface area contributed by atoms with Gasteiger partial charge in [-0.05, 0) is 12.0 Å². The molecule has 0 aromatic carbocycles. The van der Waals surface area contributed by atoms with E-state index in [1.165, 1.54) is 11.0 Å². The van der Waals surface area contributed by atoms with Crippen molar-refractivity contribution < 1.29 is 14.7 Å².